The summed E-state index contributed by atoms with van der Waals surface area (Å²) < 4.78 is 0. The van der Waals surface area contributed by atoms with Crippen LogP contribution >= 0.6 is 0 Å². The Morgan fingerprint density at radius 3 is 2.89 bits per heavy atom. The van der Waals surface area contributed by atoms with E-state index in [1.165, 1.54) is 0 Å². The maximum Gasteiger partial charge on any atom is 0.237 e. The Kier molecular flexibility index (Phi) is 5.91. The molecular weight excluding hydrogens is 240 g/mol. The fourth-order valence-electron chi connectivity index (χ4n) is 1.97. The van der Waals surface area contributed by atoms with Gasteiger partial charge in [0.2, 0.25) is 5.91 Å². The molecule has 0 aromatic heterocycles. The predicted molar refractivity (Wildman–Crippen MR) is 75.6 cm³/mol. The number of carbonyl (C=O) groups is 1. The number of terminal acetylenes is 1. The lowest BCUT2D eigenvalue weighted by atomic mass is 10.1. The van der Waals surface area contributed by atoms with Gasteiger partial charge in [-0.15, -0.1) is 6.42 Å². The number of phenolic OH excluding ortho intramolecular Hbond substituents is 1. The molecule has 0 saturated heterocycles. The average molecular weight is 260 g/mol. The van der Waals surface area contributed by atoms with Gasteiger partial charge >= 0.3 is 0 Å². The third-order valence-electron chi connectivity index (χ3n) is 2.98. The van der Waals surface area contributed by atoms with Crippen molar-refractivity contribution in [1.82, 2.24) is 10.2 Å². The molecule has 0 fully saturated rings. The van der Waals surface area contributed by atoms with Crippen molar-refractivity contribution in [2.45, 2.75) is 19.9 Å². The van der Waals surface area contributed by atoms with E-state index in [-0.39, 0.29) is 24.2 Å². The maximum absolute atomic E-state index is 12.1. The molecule has 19 heavy (non-hydrogen) atoms. The highest BCUT2D eigenvalue weighted by Crippen LogP contribution is 2.23. The molecule has 1 aromatic rings. The molecule has 4 nitrogen and oxygen atoms in total. The highest BCUT2D eigenvalue weighted by molar-refractivity contribution is 5.78. The number of nitrogens with one attached hydrogen (secondary N) is 1. The summed E-state index contributed by atoms with van der Waals surface area (Å²) in [6, 6.07) is 6.88. The number of nitrogens with zero attached hydrogens (tertiary/aromatic N) is 1. The topological polar surface area (TPSA) is 52.6 Å². The molecule has 1 unspecified atom stereocenters. The van der Waals surface area contributed by atoms with E-state index >= 15 is 0 Å². The molecule has 0 aliphatic rings. The molecule has 102 valence electrons. The third kappa shape index (κ3) is 4.31. The first-order chi connectivity index (χ1) is 9.10. The summed E-state index contributed by atoms with van der Waals surface area (Å²) in [5.74, 6) is 2.63. The second-order valence-corrected chi connectivity index (χ2v) is 4.26. The molecule has 1 amide bonds. The smallest absolute Gasteiger partial charge is 0.237 e. The number of hydrogen-bond donors (Lipinski definition) is 2. The monoisotopic (exact) mass is 260 g/mol. The number of amides is 1. The van der Waals surface area contributed by atoms with Crippen molar-refractivity contribution >= 4 is 5.91 Å². The number of hydrogen-bond acceptors (Lipinski definition) is 3. The van der Waals surface area contributed by atoms with Gasteiger partial charge in [-0.2, -0.15) is 0 Å². The lowest BCUT2D eigenvalue weighted by Gasteiger charge is -2.28. The van der Waals surface area contributed by atoms with E-state index in [4.69, 9.17) is 6.42 Å². The summed E-state index contributed by atoms with van der Waals surface area (Å²) in [6.07, 6.45) is 5.13. The van der Waals surface area contributed by atoms with Crippen molar-refractivity contribution in [2.24, 2.45) is 0 Å². The van der Waals surface area contributed by atoms with Crippen LogP contribution in [0.4, 0.5) is 0 Å². The van der Waals surface area contributed by atoms with E-state index in [1.807, 2.05) is 19.9 Å². The fourth-order valence-corrected chi connectivity index (χ4v) is 1.97. The van der Waals surface area contributed by atoms with Crippen LogP contribution in [0.25, 0.3) is 0 Å². The Labute approximate surface area is 114 Å². The van der Waals surface area contributed by atoms with E-state index in [0.717, 1.165) is 5.56 Å². The lowest BCUT2D eigenvalue weighted by Crippen LogP contribution is -2.39. The van der Waals surface area contributed by atoms with E-state index in [0.29, 0.717) is 13.1 Å². The predicted octanol–water partition coefficient (Wildman–Crippen LogP) is 1.52. The summed E-state index contributed by atoms with van der Waals surface area (Å²) >= 11 is 0. The molecule has 0 heterocycles. The lowest BCUT2D eigenvalue weighted by molar-refractivity contribution is -0.132. The Bertz CT molecular complexity index is 465. The quantitative estimate of drug-likeness (QED) is 0.602. The van der Waals surface area contributed by atoms with Crippen LogP contribution in [-0.2, 0) is 4.79 Å². The minimum atomic E-state index is -0.0859. The molecule has 4 heteroatoms. The summed E-state index contributed by atoms with van der Waals surface area (Å²) in [5.41, 5.74) is 0.909. The van der Waals surface area contributed by atoms with Gasteiger partial charge < -0.3 is 10.0 Å². The third-order valence-corrected chi connectivity index (χ3v) is 2.98. The zero-order valence-corrected chi connectivity index (χ0v) is 11.4. The van der Waals surface area contributed by atoms with Crippen molar-refractivity contribution in [3.63, 3.8) is 0 Å². The van der Waals surface area contributed by atoms with Crippen molar-refractivity contribution in [1.29, 1.82) is 0 Å². The molecule has 0 radical (unpaired) electrons. The van der Waals surface area contributed by atoms with Crippen molar-refractivity contribution in [3.8, 4) is 18.1 Å². The van der Waals surface area contributed by atoms with Gasteiger partial charge in [-0.05, 0) is 31.5 Å². The number of rotatable bonds is 6. The molecule has 0 saturated carbocycles. The number of likely N-dealkylation sites (N-methyl/N-ethyl adjacent to an activating group) is 1. The van der Waals surface area contributed by atoms with Crippen molar-refractivity contribution < 1.29 is 9.90 Å². The molecule has 0 spiro atoms. The van der Waals surface area contributed by atoms with Crippen LogP contribution < -0.4 is 5.32 Å². The number of benzene rings is 1. The van der Waals surface area contributed by atoms with Gasteiger partial charge in [-0.1, -0.05) is 18.1 Å². The second kappa shape index (κ2) is 7.45. The van der Waals surface area contributed by atoms with Gasteiger partial charge in [0, 0.05) is 6.54 Å². The number of carbonyl (C=O) groups excluding carboxylic acids is 1. The van der Waals surface area contributed by atoms with Gasteiger partial charge in [0.15, 0.2) is 0 Å². The molecule has 1 atom stereocenters. The standard InChI is InChI=1S/C15H20N2O2/c1-4-9-16-11-15(19)17(5-2)12(3)13-7-6-8-14(18)10-13/h1,6-8,10,12,16,18H,5,9,11H2,2-3H3. The van der Waals surface area contributed by atoms with Gasteiger partial charge in [0.1, 0.15) is 5.75 Å². The maximum atomic E-state index is 12.1. The van der Waals surface area contributed by atoms with Gasteiger partial charge in [0.25, 0.3) is 0 Å². The molecule has 0 aliphatic carbocycles. The normalized spacial score (nSPS) is 11.6. The van der Waals surface area contributed by atoms with Crippen LogP contribution in [0.2, 0.25) is 0 Å². The first kappa shape index (κ1) is 15.1. The Morgan fingerprint density at radius 1 is 1.58 bits per heavy atom. The van der Waals surface area contributed by atoms with Crippen LogP contribution in [-0.4, -0.2) is 35.5 Å². The van der Waals surface area contributed by atoms with Gasteiger partial charge in [-0.25, -0.2) is 0 Å². The summed E-state index contributed by atoms with van der Waals surface area (Å²) in [7, 11) is 0. The van der Waals surface area contributed by atoms with E-state index in [2.05, 4.69) is 11.2 Å². The largest absolute Gasteiger partial charge is 0.508 e. The molecular formula is C15H20N2O2. The van der Waals surface area contributed by atoms with Crippen molar-refractivity contribution in [3.05, 3.63) is 29.8 Å². The molecule has 2 N–H and O–H groups in total. The Hall–Kier alpha value is -1.99. The average Bonchev–Trinajstić information content (AvgIpc) is 2.39. The molecule has 0 aliphatic heterocycles. The molecule has 0 bridgehead atoms. The number of aromatic hydroxyl groups is 1. The first-order valence-electron chi connectivity index (χ1n) is 6.32. The highest BCUT2D eigenvalue weighted by Gasteiger charge is 2.19. The Morgan fingerprint density at radius 2 is 2.32 bits per heavy atom. The first-order valence-corrected chi connectivity index (χ1v) is 6.32. The van der Waals surface area contributed by atoms with Crippen LogP contribution in [0.3, 0.4) is 0 Å². The molecule has 1 aromatic carbocycles. The second-order valence-electron chi connectivity index (χ2n) is 4.26. The molecule has 1 rings (SSSR count). The van der Waals surface area contributed by atoms with Crippen LogP contribution in [0.1, 0.15) is 25.5 Å². The number of phenols is 1. The minimum Gasteiger partial charge on any atom is -0.508 e. The zero-order valence-electron chi connectivity index (χ0n) is 11.4. The zero-order chi connectivity index (χ0) is 14.3. The van der Waals surface area contributed by atoms with Crippen LogP contribution in [0, 0.1) is 12.3 Å². The SMILES string of the molecule is C#CCNCC(=O)N(CC)C(C)c1cccc(O)c1. The van der Waals surface area contributed by atoms with Gasteiger partial charge in [-0.3, -0.25) is 10.1 Å². The Balaban J connectivity index is 2.73. The van der Waals surface area contributed by atoms with Gasteiger partial charge in [0.05, 0.1) is 19.1 Å². The fraction of sp³-hybridized carbons (Fsp3) is 0.400. The van der Waals surface area contributed by atoms with Crippen LogP contribution in [0.15, 0.2) is 24.3 Å². The summed E-state index contributed by atoms with van der Waals surface area (Å²) in [4.78, 5) is 13.8. The van der Waals surface area contributed by atoms with Crippen LogP contribution in [0.5, 0.6) is 5.75 Å². The van der Waals surface area contributed by atoms with E-state index in [1.54, 1.807) is 23.1 Å². The minimum absolute atomic E-state index is 0.00593. The summed E-state index contributed by atoms with van der Waals surface area (Å²) in [5, 5.41) is 12.4. The van der Waals surface area contributed by atoms with E-state index < -0.39 is 0 Å². The highest BCUT2D eigenvalue weighted by atomic mass is 16.3. The summed E-state index contributed by atoms with van der Waals surface area (Å²) in [6.45, 7) is 5.08. The van der Waals surface area contributed by atoms with Crippen molar-refractivity contribution in [2.75, 3.05) is 19.6 Å². The van der Waals surface area contributed by atoms with E-state index in [9.17, 15) is 9.90 Å².